The van der Waals surface area contributed by atoms with E-state index >= 15 is 0 Å². The van der Waals surface area contributed by atoms with Crippen LogP contribution in [0.1, 0.15) is 31.2 Å². The highest BCUT2D eigenvalue weighted by atomic mass is 35.5. The zero-order valence-corrected chi connectivity index (χ0v) is 11.8. The molecule has 0 unspecified atom stereocenters. The molecular formula is C14H18Cl2FN. The van der Waals surface area contributed by atoms with Crippen molar-refractivity contribution >= 4 is 23.2 Å². The van der Waals surface area contributed by atoms with Gasteiger partial charge in [0.25, 0.3) is 0 Å². The summed E-state index contributed by atoms with van der Waals surface area (Å²) < 4.78 is 13.1. The molecule has 1 aromatic rings. The van der Waals surface area contributed by atoms with Gasteiger partial charge in [-0.2, -0.15) is 0 Å². The molecule has 0 saturated heterocycles. The van der Waals surface area contributed by atoms with Crippen LogP contribution < -0.4 is 5.32 Å². The third-order valence-corrected chi connectivity index (χ3v) is 4.71. The van der Waals surface area contributed by atoms with E-state index in [4.69, 9.17) is 23.2 Å². The van der Waals surface area contributed by atoms with Crippen molar-refractivity contribution in [1.82, 2.24) is 5.32 Å². The van der Waals surface area contributed by atoms with E-state index in [1.807, 2.05) is 0 Å². The number of benzene rings is 1. The molecule has 0 aliphatic heterocycles. The molecule has 100 valence electrons. The minimum absolute atomic E-state index is 0.224. The number of alkyl halides is 1. The van der Waals surface area contributed by atoms with Crippen molar-refractivity contribution in [3.63, 3.8) is 0 Å². The third kappa shape index (κ3) is 3.37. The fourth-order valence-corrected chi connectivity index (χ4v) is 3.17. The van der Waals surface area contributed by atoms with Crippen molar-refractivity contribution in [2.45, 2.75) is 32.2 Å². The number of rotatable bonds is 5. The van der Waals surface area contributed by atoms with Gasteiger partial charge in [0, 0.05) is 24.0 Å². The van der Waals surface area contributed by atoms with Crippen LogP contribution in [0, 0.1) is 11.2 Å². The molecule has 0 atom stereocenters. The van der Waals surface area contributed by atoms with Gasteiger partial charge < -0.3 is 5.32 Å². The van der Waals surface area contributed by atoms with E-state index in [1.54, 1.807) is 6.07 Å². The molecule has 18 heavy (non-hydrogen) atoms. The van der Waals surface area contributed by atoms with E-state index in [2.05, 4.69) is 5.32 Å². The van der Waals surface area contributed by atoms with Crippen molar-refractivity contribution in [2.75, 3.05) is 12.4 Å². The summed E-state index contributed by atoms with van der Waals surface area (Å²) in [5, 5.41) is 3.97. The zero-order chi connectivity index (χ0) is 13.0. The Hall–Kier alpha value is -0.310. The monoisotopic (exact) mass is 289 g/mol. The van der Waals surface area contributed by atoms with Crippen LogP contribution in [-0.2, 0) is 6.54 Å². The van der Waals surface area contributed by atoms with Gasteiger partial charge in [-0.3, -0.25) is 0 Å². The molecule has 0 spiro atoms. The summed E-state index contributed by atoms with van der Waals surface area (Å²) in [7, 11) is 0. The summed E-state index contributed by atoms with van der Waals surface area (Å²) >= 11 is 12.1. The standard InChI is InChI=1S/C14H18Cl2FN/c15-9-14(5-1-2-6-14)10-18-8-11-7-12(17)3-4-13(11)16/h3-4,7,18H,1-2,5-6,8-10H2. The summed E-state index contributed by atoms with van der Waals surface area (Å²) in [6.07, 6.45) is 4.88. The highest BCUT2D eigenvalue weighted by Crippen LogP contribution is 2.38. The summed E-state index contributed by atoms with van der Waals surface area (Å²) in [4.78, 5) is 0. The molecular weight excluding hydrogens is 272 g/mol. The average molecular weight is 290 g/mol. The van der Waals surface area contributed by atoms with Crippen molar-refractivity contribution < 1.29 is 4.39 Å². The van der Waals surface area contributed by atoms with Gasteiger partial charge in [0.2, 0.25) is 0 Å². The molecule has 0 aromatic heterocycles. The lowest BCUT2D eigenvalue weighted by Crippen LogP contribution is -2.33. The third-order valence-electron chi connectivity index (χ3n) is 3.77. The van der Waals surface area contributed by atoms with E-state index in [-0.39, 0.29) is 11.2 Å². The van der Waals surface area contributed by atoms with Gasteiger partial charge >= 0.3 is 0 Å². The van der Waals surface area contributed by atoms with Gasteiger partial charge in [0.05, 0.1) is 0 Å². The first-order valence-electron chi connectivity index (χ1n) is 6.36. The van der Waals surface area contributed by atoms with Crippen LogP contribution >= 0.6 is 23.2 Å². The second-order valence-electron chi connectivity index (χ2n) is 5.18. The Morgan fingerprint density at radius 2 is 2.00 bits per heavy atom. The minimum atomic E-state index is -0.246. The first-order valence-corrected chi connectivity index (χ1v) is 7.27. The van der Waals surface area contributed by atoms with Crippen molar-refractivity contribution in [3.8, 4) is 0 Å². The fourth-order valence-electron chi connectivity index (χ4n) is 2.62. The Morgan fingerprint density at radius 3 is 2.67 bits per heavy atom. The first-order chi connectivity index (χ1) is 8.65. The van der Waals surface area contributed by atoms with E-state index in [1.165, 1.54) is 37.8 Å². The van der Waals surface area contributed by atoms with E-state index in [0.717, 1.165) is 12.1 Å². The average Bonchev–Trinajstić information content (AvgIpc) is 2.83. The summed E-state index contributed by atoms with van der Waals surface area (Å²) in [6.45, 7) is 1.47. The molecule has 0 bridgehead atoms. The minimum Gasteiger partial charge on any atom is -0.312 e. The van der Waals surface area contributed by atoms with Crippen LogP contribution in [0.2, 0.25) is 5.02 Å². The molecule has 1 aromatic carbocycles. The first kappa shape index (κ1) is 14.1. The van der Waals surface area contributed by atoms with E-state index in [9.17, 15) is 4.39 Å². The predicted molar refractivity (Wildman–Crippen MR) is 74.7 cm³/mol. The Kier molecular flexibility index (Phi) is 4.88. The second-order valence-corrected chi connectivity index (χ2v) is 5.85. The van der Waals surface area contributed by atoms with Crippen molar-refractivity contribution in [1.29, 1.82) is 0 Å². The Bertz CT molecular complexity index is 403. The van der Waals surface area contributed by atoms with Gasteiger partial charge in [-0.05, 0) is 42.0 Å². The van der Waals surface area contributed by atoms with Crippen LogP contribution in [0.15, 0.2) is 18.2 Å². The maximum atomic E-state index is 13.1. The quantitative estimate of drug-likeness (QED) is 0.794. The van der Waals surface area contributed by atoms with Gasteiger partial charge in [-0.1, -0.05) is 24.4 Å². The molecule has 0 heterocycles. The summed E-state index contributed by atoms with van der Waals surface area (Å²) in [5.41, 5.74) is 1.03. The lowest BCUT2D eigenvalue weighted by atomic mass is 9.88. The number of hydrogen-bond acceptors (Lipinski definition) is 1. The molecule has 1 aliphatic rings. The van der Waals surface area contributed by atoms with E-state index in [0.29, 0.717) is 17.4 Å². The largest absolute Gasteiger partial charge is 0.312 e. The second kappa shape index (κ2) is 6.23. The van der Waals surface area contributed by atoms with Crippen LogP contribution in [0.3, 0.4) is 0 Å². The van der Waals surface area contributed by atoms with E-state index < -0.39 is 0 Å². The molecule has 1 nitrogen and oxygen atoms in total. The van der Waals surface area contributed by atoms with Crippen LogP contribution in [0.5, 0.6) is 0 Å². The number of halogens is 3. The van der Waals surface area contributed by atoms with Gasteiger partial charge in [0.15, 0.2) is 0 Å². The van der Waals surface area contributed by atoms with Crippen LogP contribution in [0.25, 0.3) is 0 Å². The highest BCUT2D eigenvalue weighted by Gasteiger charge is 2.32. The van der Waals surface area contributed by atoms with Crippen LogP contribution in [-0.4, -0.2) is 12.4 Å². The molecule has 0 amide bonds. The predicted octanol–water partition coefficient (Wildman–Crippen LogP) is 4.37. The van der Waals surface area contributed by atoms with Gasteiger partial charge in [-0.15, -0.1) is 11.6 Å². The smallest absolute Gasteiger partial charge is 0.123 e. The van der Waals surface area contributed by atoms with Gasteiger partial charge in [0.1, 0.15) is 5.82 Å². The Balaban J connectivity index is 1.89. The topological polar surface area (TPSA) is 12.0 Å². The van der Waals surface area contributed by atoms with Gasteiger partial charge in [-0.25, -0.2) is 4.39 Å². The summed E-state index contributed by atoms with van der Waals surface area (Å²) in [5.74, 6) is 0.445. The Labute approximate surface area is 118 Å². The zero-order valence-electron chi connectivity index (χ0n) is 10.3. The highest BCUT2D eigenvalue weighted by molar-refractivity contribution is 6.31. The molecule has 1 N–H and O–H groups in total. The molecule has 0 radical (unpaired) electrons. The normalized spacial score (nSPS) is 18.2. The van der Waals surface area contributed by atoms with Crippen molar-refractivity contribution in [3.05, 3.63) is 34.6 Å². The summed E-state index contributed by atoms with van der Waals surface area (Å²) in [6, 6.07) is 4.46. The number of nitrogens with one attached hydrogen (secondary N) is 1. The number of hydrogen-bond donors (Lipinski definition) is 1. The molecule has 1 saturated carbocycles. The molecule has 2 rings (SSSR count). The molecule has 4 heteroatoms. The maximum absolute atomic E-state index is 13.1. The molecule has 1 aliphatic carbocycles. The van der Waals surface area contributed by atoms with Crippen LogP contribution in [0.4, 0.5) is 4.39 Å². The Morgan fingerprint density at radius 1 is 1.28 bits per heavy atom. The molecule has 1 fully saturated rings. The van der Waals surface area contributed by atoms with Crippen molar-refractivity contribution in [2.24, 2.45) is 5.41 Å². The lowest BCUT2D eigenvalue weighted by molar-refractivity contribution is 0.320. The fraction of sp³-hybridized carbons (Fsp3) is 0.571. The lowest BCUT2D eigenvalue weighted by Gasteiger charge is -2.26. The SMILES string of the molecule is Fc1ccc(Cl)c(CNCC2(CCl)CCCC2)c1. The maximum Gasteiger partial charge on any atom is 0.123 e.